The number of hydrogen-bond donors (Lipinski definition) is 0. The topological polar surface area (TPSA) is 3.01 Å². The van der Waals surface area contributed by atoms with Crippen LogP contribution < -0.4 is 0 Å². The molecule has 1 nitrogen and oxygen atoms in total. The Morgan fingerprint density at radius 1 is 0.833 bits per heavy atom. The number of nitrogens with zero attached hydrogens (tertiary/aromatic N) is 1. The summed E-state index contributed by atoms with van der Waals surface area (Å²) in [6.07, 6.45) is 0. The molecule has 6 heavy (non-hydrogen) atoms. The van der Waals surface area contributed by atoms with Crippen LogP contribution >= 0.6 is 0 Å². The quantitative estimate of drug-likeness (QED) is 0.360. The van der Waals surface area contributed by atoms with Gasteiger partial charge in [0.05, 0.1) is 0 Å². The molecule has 5 rings (SSSR count). The van der Waals surface area contributed by atoms with Crippen molar-refractivity contribution in [3.8, 4) is 0 Å². The lowest BCUT2D eigenvalue weighted by molar-refractivity contribution is 0.328. The highest BCUT2D eigenvalue weighted by Crippen LogP contribution is 2.85. The average Bonchev–Trinajstić information content (AvgIpc) is 1.64. The van der Waals surface area contributed by atoms with Gasteiger partial charge in [-0.25, -0.2) is 0 Å². The highest BCUT2D eigenvalue weighted by atomic mass is 15.6. The molecule has 5 fully saturated rings. The standard InChI is InChI=1S/C5H5N/c1-2-3(1)6-4(1)5(2)6/h1-5H. The Bertz CT molecular complexity index is 79.0. The van der Waals surface area contributed by atoms with Crippen molar-refractivity contribution in [3.63, 3.8) is 0 Å². The van der Waals surface area contributed by atoms with E-state index in [9.17, 15) is 0 Å². The first-order valence-electron chi connectivity index (χ1n) is 2.77. The van der Waals surface area contributed by atoms with E-state index in [1.165, 1.54) is 30.0 Å². The maximum atomic E-state index is 2.65. The van der Waals surface area contributed by atoms with Crippen molar-refractivity contribution in [1.29, 1.82) is 0 Å². The van der Waals surface area contributed by atoms with Gasteiger partial charge in [-0.1, -0.05) is 0 Å². The SMILES string of the molecule is C12C3C1N1C2C31. The molecule has 0 spiro atoms. The van der Waals surface area contributed by atoms with Crippen LogP contribution in [0.25, 0.3) is 0 Å². The molecule has 0 N–H and O–H groups in total. The summed E-state index contributed by atoms with van der Waals surface area (Å²) in [6, 6.07) is 3.50. The third-order valence-corrected chi connectivity index (χ3v) is 3.17. The van der Waals surface area contributed by atoms with E-state index in [1.807, 2.05) is 0 Å². The molecule has 5 aliphatic rings. The van der Waals surface area contributed by atoms with E-state index in [2.05, 4.69) is 4.90 Å². The lowest BCUT2D eigenvalue weighted by Gasteiger charge is -2.09. The second-order valence-electron chi connectivity index (χ2n) is 3.07. The average molecular weight is 79.1 g/mol. The van der Waals surface area contributed by atoms with E-state index in [0.29, 0.717) is 0 Å². The Hall–Kier alpha value is -0.0400. The van der Waals surface area contributed by atoms with Gasteiger partial charge >= 0.3 is 0 Å². The molecule has 0 aromatic heterocycles. The monoisotopic (exact) mass is 79.0 g/mol. The fraction of sp³-hybridized carbons (Fsp3) is 1.00. The predicted molar refractivity (Wildman–Crippen MR) is 20.2 cm³/mol. The van der Waals surface area contributed by atoms with E-state index in [1.54, 1.807) is 0 Å². The van der Waals surface area contributed by atoms with Crippen LogP contribution in [0.4, 0.5) is 0 Å². The van der Waals surface area contributed by atoms with E-state index >= 15 is 0 Å². The molecule has 3 heterocycles. The fourth-order valence-electron chi connectivity index (χ4n) is 2.79. The number of rotatable bonds is 0. The molecule has 0 radical (unpaired) electrons. The summed E-state index contributed by atoms with van der Waals surface area (Å²) in [7, 11) is 0. The molecule has 3 saturated heterocycles. The van der Waals surface area contributed by atoms with Crippen molar-refractivity contribution in [2.45, 2.75) is 18.1 Å². The lowest BCUT2D eigenvalue weighted by atomic mass is 10.0. The molecule has 1 heteroatoms. The molecule has 30 valence electrons. The zero-order valence-corrected chi connectivity index (χ0v) is 3.33. The summed E-state index contributed by atoms with van der Waals surface area (Å²) < 4.78 is 0. The highest BCUT2D eigenvalue weighted by Gasteiger charge is 2.97. The van der Waals surface area contributed by atoms with Gasteiger partial charge in [0.2, 0.25) is 0 Å². The minimum Gasteiger partial charge on any atom is -0.290 e. The maximum Gasteiger partial charge on any atom is 0.0309 e. The van der Waals surface area contributed by atoms with Gasteiger partial charge in [-0.2, -0.15) is 0 Å². The summed E-state index contributed by atoms with van der Waals surface area (Å²) in [5.41, 5.74) is 0. The second-order valence-corrected chi connectivity index (χ2v) is 3.07. The number of piperidine rings is 1. The van der Waals surface area contributed by atoms with E-state index < -0.39 is 0 Å². The lowest BCUT2D eigenvalue weighted by Crippen LogP contribution is -2.21. The fourth-order valence-corrected chi connectivity index (χ4v) is 2.79. The summed E-state index contributed by atoms with van der Waals surface area (Å²) in [5, 5.41) is 0. The van der Waals surface area contributed by atoms with E-state index in [0.717, 1.165) is 0 Å². The highest BCUT2D eigenvalue weighted by molar-refractivity contribution is 5.51. The van der Waals surface area contributed by atoms with Gasteiger partial charge in [0, 0.05) is 18.1 Å². The van der Waals surface area contributed by atoms with Crippen molar-refractivity contribution in [2.75, 3.05) is 0 Å². The molecule has 0 bridgehead atoms. The van der Waals surface area contributed by atoms with Crippen molar-refractivity contribution in [2.24, 2.45) is 11.8 Å². The Morgan fingerprint density at radius 2 is 1.50 bits per heavy atom. The zero-order chi connectivity index (χ0) is 3.46. The van der Waals surface area contributed by atoms with Gasteiger partial charge in [0.25, 0.3) is 0 Å². The summed E-state index contributed by atoms with van der Waals surface area (Å²) in [4.78, 5) is 2.65. The van der Waals surface area contributed by atoms with Crippen molar-refractivity contribution < 1.29 is 0 Å². The van der Waals surface area contributed by atoms with E-state index in [4.69, 9.17) is 0 Å². The molecule has 0 amide bonds. The Labute approximate surface area is 35.9 Å². The van der Waals surface area contributed by atoms with Crippen LogP contribution in [-0.2, 0) is 0 Å². The van der Waals surface area contributed by atoms with Crippen LogP contribution in [0.3, 0.4) is 0 Å². The van der Waals surface area contributed by atoms with E-state index in [-0.39, 0.29) is 0 Å². The van der Waals surface area contributed by atoms with Crippen LogP contribution in [-0.4, -0.2) is 23.0 Å². The molecule has 4 atom stereocenters. The maximum absolute atomic E-state index is 2.65. The first-order valence-corrected chi connectivity index (χ1v) is 2.77. The Balaban J connectivity index is 2.31. The molecular weight excluding hydrogens is 74.1 g/mol. The normalized spacial score (nSPS) is 108. The summed E-state index contributed by atoms with van der Waals surface area (Å²) in [5.74, 6) is 2.52. The molecule has 4 unspecified atom stereocenters. The minimum absolute atomic E-state index is 1.17. The van der Waals surface area contributed by atoms with Crippen molar-refractivity contribution in [3.05, 3.63) is 0 Å². The molecule has 0 aromatic rings. The largest absolute Gasteiger partial charge is 0.290 e. The van der Waals surface area contributed by atoms with Gasteiger partial charge in [0.1, 0.15) is 0 Å². The smallest absolute Gasteiger partial charge is 0.0309 e. The first kappa shape index (κ1) is 1.83. The molecule has 0 aromatic carbocycles. The Kier molecular flexibility index (Phi) is 0.0734. The van der Waals surface area contributed by atoms with Gasteiger partial charge in [-0.05, 0) is 11.8 Å². The van der Waals surface area contributed by atoms with Gasteiger partial charge in [-0.15, -0.1) is 0 Å². The second kappa shape index (κ2) is 0.241. The first-order chi connectivity index (χ1) is 3.00. The van der Waals surface area contributed by atoms with Crippen LogP contribution in [0.2, 0.25) is 0 Å². The molecule has 2 aliphatic carbocycles. The van der Waals surface area contributed by atoms with Crippen molar-refractivity contribution >= 4 is 0 Å². The summed E-state index contributed by atoms with van der Waals surface area (Å²) in [6.45, 7) is 0. The molecule has 3 aliphatic heterocycles. The summed E-state index contributed by atoms with van der Waals surface area (Å²) >= 11 is 0. The Morgan fingerprint density at radius 3 is 1.67 bits per heavy atom. The third-order valence-electron chi connectivity index (χ3n) is 3.17. The van der Waals surface area contributed by atoms with Gasteiger partial charge < -0.3 is 0 Å². The van der Waals surface area contributed by atoms with Crippen LogP contribution in [0, 0.1) is 11.8 Å². The van der Waals surface area contributed by atoms with Gasteiger partial charge in [0.15, 0.2) is 0 Å². The number of hydrogen-bond acceptors (Lipinski definition) is 1. The van der Waals surface area contributed by atoms with Crippen molar-refractivity contribution in [1.82, 2.24) is 4.90 Å². The van der Waals surface area contributed by atoms with Gasteiger partial charge in [-0.3, -0.25) is 4.90 Å². The molecular formula is C5H5N. The van der Waals surface area contributed by atoms with Crippen LogP contribution in [0.15, 0.2) is 0 Å². The minimum atomic E-state index is 1.17. The van der Waals surface area contributed by atoms with Crippen LogP contribution in [0.1, 0.15) is 0 Å². The predicted octanol–water partition coefficient (Wildman–Crippen LogP) is -0.319. The zero-order valence-electron chi connectivity index (χ0n) is 3.33. The third kappa shape index (κ3) is 0.0340. The van der Waals surface area contributed by atoms with Crippen LogP contribution in [0.5, 0.6) is 0 Å². The molecule has 2 saturated carbocycles.